The van der Waals surface area contributed by atoms with Gasteiger partial charge in [-0.05, 0) is 48.5 Å². The number of hydrogen-bond acceptors (Lipinski definition) is 5. The van der Waals surface area contributed by atoms with Crippen molar-refractivity contribution in [3.8, 4) is 11.5 Å². The number of likely N-dealkylation sites (N-methyl/N-ethyl adjacent to an activating group) is 2. The first kappa shape index (κ1) is 20.5. The van der Waals surface area contributed by atoms with Gasteiger partial charge in [-0.15, -0.1) is 0 Å². The molecule has 2 aromatic carbocycles. The molecule has 0 N–H and O–H groups in total. The monoisotopic (exact) mass is 410 g/mol. The highest BCUT2D eigenvalue weighted by Crippen LogP contribution is 2.30. The molecule has 0 spiro atoms. The topological polar surface area (TPSA) is 59.1 Å². The Morgan fingerprint density at radius 1 is 0.966 bits per heavy atom. The Kier molecular flexibility index (Phi) is 5.98. The van der Waals surface area contributed by atoms with Gasteiger partial charge in [-0.3, -0.25) is 19.4 Å². The van der Waals surface area contributed by atoms with Gasteiger partial charge in [-0.2, -0.15) is 0 Å². The van der Waals surface area contributed by atoms with E-state index in [0.29, 0.717) is 23.7 Å². The molecule has 2 aromatic rings. The largest absolute Gasteiger partial charge is 0.493 e. The molecule has 0 aliphatic carbocycles. The highest BCUT2D eigenvalue weighted by atomic mass is 32.1. The van der Waals surface area contributed by atoms with Crippen molar-refractivity contribution < 1.29 is 19.1 Å². The van der Waals surface area contributed by atoms with Gasteiger partial charge in [0.2, 0.25) is 0 Å². The van der Waals surface area contributed by atoms with Crippen LogP contribution in [-0.2, 0) is 16.2 Å². The van der Waals surface area contributed by atoms with Crippen LogP contribution in [0.3, 0.4) is 0 Å². The van der Waals surface area contributed by atoms with Gasteiger partial charge >= 0.3 is 0 Å². The normalized spacial score (nSPS) is 14.3. The lowest BCUT2D eigenvalue weighted by Crippen LogP contribution is -2.52. The van der Waals surface area contributed by atoms with Gasteiger partial charge in [0.05, 0.1) is 7.11 Å². The smallest absolute Gasteiger partial charge is 0.265 e. The third kappa shape index (κ3) is 4.30. The lowest BCUT2D eigenvalue weighted by atomic mass is 10.1. The minimum Gasteiger partial charge on any atom is -0.493 e. The number of ether oxygens (including phenoxy) is 2. The van der Waals surface area contributed by atoms with Gasteiger partial charge in [0.25, 0.3) is 11.8 Å². The summed E-state index contributed by atoms with van der Waals surface area (Å²) in [5.74, 6) is 0.222. The summed E-state index contributed by atoms with van der Waals surface area (Å²) in [5.41, 5.74) is 2.92. The molecule has 0 radical (unpaired) electrons. The second-order valence-electron chi connectivity index (χ2n) is 6.75. The Morgan fingerprint density at radius 2 is 1.59 bits per heavy atom. The summed E-state index contributed by atoms with van der Waals surface area (Å²) in [6.07, 6.45) is 1.53. The summed E-state index contributed by atoms with van der Waals surface area (Å²) in [5, 5.41) is 0.176. The van der Waals surface area contributed by atoms with Crippen molar-refractivity contribution in [1.82, 2.24) is 9.80 Å². The number of aryl methyl sites for hydroxylation is 1. The fraction of sp³-hybridized carbons (Fsp3) is 0.227. The third-order valence-electron chi connectivity index (χ3n) is 4.66. The fourth-order valence-corrected chi connectivity index (χ4v) is 3.05. The van der Waals surface area contributed by atoms with E-state index in [1.165, 1.54) is 21.4 Å². The molecule has 7 heteroatoms. The Hall–Kier alpha value is -3.19. The standard InChI is InChI=1S/C22H22N2O4S/c1-14-5-7-15(8-6-14)13-28-18-10-9-16(12-19(18)27-4)11-17-20(25)23(2)22(29)24(3)21(17)26/h5-12H,13H2,1-4H3. The fourth-order valence-electron chi connectivity index (χ4n) is 2.88. The highest BCUT2D eigenvalue weighted by Gasteiger charge is 2.35. The Balaban J connectivity index is 1.83. The zero-order chi connectivity index (χ0) is 21.1. The van der Waals surface area contributed by atoms with Crippen LogP contribution in [-0.4, -0.2) is 47.9 Å². The summed E-state index contributed by atoms with van der Waals surface area (Å²) in [4.78, 5) is 27.5. The van der Waals surface area contributed by atoms with Crippen molar-refractivity contribution in [3.05, 3.63) is 64.7 Å². The van der Waals surface area contributed by atoms with Crippen LogP contribution in [0.5, 0.6) is 11.5 Å². The summed E-state index contributed by atoms with van der Waals surface area (Å²) in [7, 11) is 4.63. The van der Waals surface area contributed by atoms with Crippen LogP contribution in [0.1, 0.15) is 16.7 Å². The van der Waals surface area contributed by atoms with Crippen molar-refractivity contribution >= 4 is 35.2 Å². The summed E-state index contributed by atoms with van der Waals surface area (Å²) >= 11 is 5.10. The Labute approximate surface area is 175 Å². The molecule has 1 saturated heterocycles. The predicted octanol–water partition coefficient (Wildman–Crippen LogP) is 3.18. The molecule has 1 aliphatic rings. The third-order valence-corrected chi connectivity index (χ3v) is 5.21. The van der Waals surface area contributed by atoms with Gasteiger partial charge in [0, 0.05) is 14.1 Å². The van der Waals surface area contributed by atoms with E-state index >= 15 is 0 Å². The number of carbonyl (C=O) groups is 2. The molecule has 0 unspecified atom stereocenters. The van der Waals surface area contributed by atoms with Gasteiger partial charge in [-0.25, -0.2) is 0 Å². The first-order chi connectivity index (χ1) is 13.8. The molecule has 29 heavy (non-hydrogen) atoms. The number of nitrogens with zero attached hydrogens (tertiary/aromatic N) is 2. The molecule has 0 bridgehead atoms. The molecule has 6 nitrogen and oxygen atoms in total. The molecule has 0 saturated carbocycles. The number of benzene rings is 2. The molecule has 3 rings (SSSR count). The van der Waals surface area contributed by atoms with Crippen LogP contribution in [0, 0.1) is 6.92 Å². The van der Waals surface area contributed by atoms with Crippen molar-refractivity contribution in [1.29, 1.82) is 0 Å². The van der Waals surface area contributed by atoms with Gasteiger partial charge in [0.1, 0.15) is 12.2 Å². The second-order valence-corrected chi connectivity index (χ2v) is 7.12. The van der Waals surface area contributed by atoms with Crippen molar-refractivity contribution in [2.24, 2.45) is 0 Å². The lowest BCUT2D eigenvalue weighted by Gasteiger charge is -2.31. The number of amides is 2. The molecule has 1 aliphatic heterocycles. The molecule has 2 amide bonds. The highest BCUT2D eigenvalue weighted by molar-refractivity contribution is 7.80. The van der Waals surface area contributed by atoms with Crippen LogP contribution in [0.15, 0.2) is 48.0 Å². The second kappa shape index (κ2) is 8.45. The number of methoxy groups -OCH3 is 1. The maximum Gasteiger partial charge on any atom is 0.265 e. The molecule has 0 atom stereocenters. The van der Waals surface area contributed by atoms with Gasteiger partial charge < -0.3 is 9.47 Å². The predicted molar refractivity (Wildman–Crippen MR) is 115 cm³/mol. The van der Waals surface area contributed by atoms with E-state index in [9.17, 15) is 9.59 Å². The SMILES string of the molecule is COc1cc(C=C2C(=O)N(C)C(=S)N(C)C2=O)ccc1OCc1ccc(C)cc1. The van der Waals surface area contributed by atoms with E-state index in [4.69, 9.17) is 21.7 Å². The quantitative estimate of drug-likeness (QED) is 0.431. The number of rotatable bonds is 5. The maximum atomic E-state index is 12.5. The van der Waals surface area contributed by atoms with Crippen LogP contribution < -0.4 is 9.47 Å². The van der Waals surface area contributed by atoms with Crippen molar-refractivity contribution in [2.75, 3.05) is 21.2 Å². The summed E-state index contributed by atoms with van der Waals surface area (Å²) in [6, 6.07) is 13.3. The first-order valence-corrected chi connectivity index (χ1v) is 9.40. The van der Waals surface area contributed by atoms with E-state index in [1.807, 2.05) is 31.2 Å². The number of hydrogen-bond donors (Lipinski definition) is 0. The maximum absolute atomic E-state index is 12.5. The molecule has 1 heterocycles. The van der Waals surface area contributed by atoms with Crippen LogP contribution in [0.25, 0.3) is 6.08 Å². The number of thiocarbonyl (C=S) groups is 1. The first-order valence-electron chi connectivity index (χ1n) is 9.00. The molecule has 0 aromatic heterocycles. The lowest BCUT2D eigenvalue weighted by molar-refractivity contribution is -0.132. The average molecular weight is 410 g/mol. The zero-order valence-electron chi connectivity index (χ0n) is 16.8. The Morgan fingerprint density at radius 3 is 2.17 bits per heavy atom. The van der Waals surface area contributed by atoms with Gasteiger partial charge in [0.15, 0.2) is 16.6 Å². The van der Waals surface area contributed by atoms with E-state index in [0.717, 1.165) is 5.56 Å². The molecule has 150 valence electrons. The van der Waals surface area contributed by atoms with Crippen LogP contribution >= 0.6 is 12.2 Å². The van der Waals surface area contributed by atoms with Crippen molar-refractivity contribution in [3.63, 3.8) is 0 Å². The minimum atomic E-state index is -0.434. The van der Waals surface area contributed by atoms with E-state index in [-0.39, 0.29) is 10.7 Å². The Bertz CT molecular complexity index is 972. The molecular formula is C22H22N2O4S. The van der Waals surface area contributed by atoms with Crippen molar-refractivity contribution in [2.45, 2.75) is 13.5 Å². The van der Waals surface area contributed by atoms with Crippen LogP contribution in [0.4, 0.5) is 0 Å². The van der Waals surface area contributed by atoms with Crippen LogP contribution in [0.2, 0.25) is 0 Å². The minimum absolute atomic E-state index is 0.0407. The zero-order valence-corrected chi connectivity index (χ0v) is 17.6. The molecular weight excluding hydrogens is 388 g/mol. The van der Waals surface area contributed by atoms with E-state index < -0.39 is 11.8 Å². The van der Waals surface area contributed by atoms with E-state index in [1.54, 1.807) is 39.4 Å². The molecule has 1 fully saturated rings. The van der Waals surface area contributed by atoms with Gasteiger partial charge in [-0.1, -0.05) is 35.9 Å². The summed E-state index contributed by atoms with van der Waals surface area (Å²) in [6.45, 7) is 2.44. The number of carbonyl (C=O) groups excluding carboxylic acids is 2. The average Bonchev–Trinajstić information content (AvgIpc) is 2.74. The summed E-state index contributed by atoms with van der Waals surface area (Å²) < 4.78 is 11.3. The van der Waals surface area contributed by atoms with E-state index in [2.05, 4.69) is 0 Å².